The van der Waals surface area contributed by atoms with Gasteiger partial charge in [0, 0.05) is 23.4 Å². The normalized spacial score (nSPS) is 12.9. The lowest BCUT2D eigenvalue weighted by molar-refractivity contribution is 0.0525. The van der Waals surface area contributed by atoms with Crippen molar-refractivity contribution in [1.82, 2.24) is 4.57 Å². The number of aromatic nitrogens is 1. The second kappa shape index (κ2) is 12.1. The molecule has 1 aromatic carbocycles. The molecule has 2 N–H and O–H groups in total. The summed E-state index contributed by atoms with van der Waals surface area (Å²) in [5.74, 6) is -0.333. The van der Waals surface area contributed by atoms with E-state index in [0.29, 0.717) is 11.1 Å². The van der Waals surface area contributed by atoms with Gasteiger partial charge in [0.2, 0.25) is 0 Å². The summed E-state index contributed by atoms with van der Waals surface area (Å²) in [6.45, 7) is 5.03. The summed E-state index contributed by atoms with van der Waals surface area (Å²) >= 11 is 0. The van der Waals surface area contributed by atoms with E-state index in [9.17, 15) is 9.59 Å². The minimum Gasteiger partial charge on any atom is -0.462 e. The predicted molar refractivity (Wildman–Crippen MR) is 144 cm³/mol. The van der Waals surface area contributed by atoms with Crippen molar-refractivity contribution in [2.24, 2.45) is 0 Å². The number of carbonyl (C=O) groups excluding carboxylic acids is 1. The van der Waals surface area contributed by atoms with Gasteiger partial charge in [-0.3, -0.25) is 0 Å². The maximum atomic E-state index is 13.4. The van der Waals surface area contributed by atoms with Crippen LogP contribution in [0.2, 0.25) is 0 Å². The number of hydrogen-bond donors (Lipinski definition) is 1. The van der Waals surface area contributed by atoms with Gasteiger partial charge >= 0.3 is 11.6 Å². The van der Waals surface area contributed by atoms with Crippen LogP contribution in [0.5, 0.6) is 0 Å². The van der Waals surface area contributed by atoms with Gasteiger partial charge < -0.3 is 19.5 Å². The fourth-order valence-corrected chi connectivity index (χ4v) is 5.28. The van der Waals surface area contributed by atoms with Gasteiger partial charge in [-0.05, 0) is 50.7 Å². The summed E-state index contributed by atoms with van der Waals surface area (Å²) in [6.07, 6.45) is 11.4. The van der Waals surface area contributed by atoms with Crippen LogP contribution in [-0.4, -0.2) is 17.1 Å². The highest BCUT2D eigenvalue weighted by atomic mass is 16.5. The largest absolute Gasteiger partial charge is 0.462 e. The first-order valence-electron chi connectivity index (χ1n) is 13.5. The third kappa shape index (κ3) is 5.43. The number of anilines is 1. The number of ether oxygens (including phenoxy) is 1. The maximum absolute atomic E-state index is 13.4. The van der Waals surface area contributed by atoms with E-state index < -0.39 is 11.6 Å². The Kier molecular flexibility index (Phi) is 8.68. The molecule has 0 amide bonds. The molecule has 0 fully saturated rings. The van der Waals surface area contributed by atoms with Gasteiger partial charge in [-0.1, -0.05) is 69.4 Å². The number of aryl methyl sites for hydroxylation is 1. The van der Waals surface area contributed by atoms with Gasteiger partial charge in [0.1, 0.15) is 11.3 Å². The molecule has 0 unspecified atom stereocenters. The molecule has 0 aliphatic heterocycles. The highest BCUT2D eigenvalue weighted by Crippen LogP contribution is 2.39. The molecule has 2 heterocycles. The fourth-order valence-electron chi connectivity index (χ4n) is 5.28. The number of nitrogen functional groups attached to an aromatic ring is 1. The highest BCUT2D eigenvalue weighted by Gasteiger charge is 2.30. The minimum atomic E-state index is -0.637. The van der Waals surface area contributed by atoms with Crippen LogP contribution in [0.1, 0.15) is 86.8 Å². The zero-order valence-electron chi connectivity index (χ0n) is 21.6. The standard InChI is InChI=1S/C30H38N2O4/c1-3-5-6-7-8-14-19-32-23-18-13-12-17-22(23)20-24(32)25-26(29(33)35-4-2)28(36-30(34)27(25)31)21-15-10-9-11-16-21/h9-11,15-16,20H,3-8,12-14,17-19,31H2,1-2H3. The zero-order chi connectivity index (χ0) is 25.5. The number of hydrogen-bond acceptors (Lipinski definition) is 5. The summed E-state index contributed by atoms with van der Waals surface area (Å²) in [5.41, 5.74) is 10.4. The Hall–Kier alpha value is -3.28. The number of nitrogens with zero attached hydrogens (tertiary/aromatic N) is 1. The number of benzene rings is 1. The molecule has 6 heteroatoms. The Morgan fingerprint density at radius 3 is 2.50 bits per heavy atom. The van der Waals surface area contributed by atoms with Crippen molar-refractivity contribution < 1.29 is 13.9 Å². The summed E-state index contributed by atoms with van der Waals surface area (Å²) in [4.78, 5) is 26.4. The third-order valence-corrected chi connectivity index (χ3v) is 7.08. The number of fused-ring (bicyclic) bond motifs is 1. The van der Waals surface area contributed by atoms with Crippen LogP contribution in [0.25, 0.3) is 22.6 Å². The predicted octanol–water partition coefficient (Wildman–Crippen LogP) is 6.77. The molecular formula is C30H38N2O4. The Bertz CT molecular complexity index is 1240. The molecule has 6 nitrogen and oxygen atoms in total. The van der Waals surface area contributed by atoms with Crippen molar-refractivity contribution in [3.63, 3.8) is 0 Å². The maximum Gasteiger partial charge on any atom is 0.360 e. The summed E-state index contributed by atoms with van der Waals surface area (Å²) in [6, 6.07) is 11.3. The molecule has 2 aromatic heterocycles. The monoisotopic (exact) mass is 490 g/mol. The molecule has 36 heavy (non-hydrogen) atoms. The van der Waals surface area contributed by atoms with Gasteiger partial charge in [0.25, 0.3) is 0 Å². The number of carbonyl (C=O) groups is 1. The van der Waals surface area contributed by atoms with Crippen molar-refractivity contribution in [3.05, 3.63) is 63.6 Å². The molecule has 1 aliphatic carbocycles. The molecule has 1 aliphatic rings. The van der Waals surface area contributed by atoms with Crippen molar-refractivity contribution in [2.45, 2.75) is 84.6 Å². The van der Waals surface area contributed by atoms with E-state index in [2.05, 4.69) is 17.6 Å². The van der Waals surface area contributed by atoms with Crippen molar-refractivity contribution in [1.29, 1.82) is 0 Å². The Balaban J connectivity index is 1.87. The Morgan fingerprint density at radius 1 is 1.03 bits per heavy atom. The van der Waals surface area contributed by atoms with Gasteiger partial charge in [0.15, 0.2) is 5.76 Å². The molecular weight excluding hydrogens is 452 g/mol. The summed E-state index contributed by atoms with van der Waals surface area (Å²) in [5, 5.41) is 0. The first-order chi connectivity index (χ1) is 17.6. The van der Waals surface area contributed by atoms with Crippen molar-refractivity contribution >= 4 is 11.7 Å². The first kappa shape index (κ1) is 25.8. The summed E-state index contributed by atoms with van der Waals surface area (Å²) in [7, 11) is 0. The molecule has 0 bridgehead atoms. The van der Waals surface area contributed by atoms with E-state index in [1.165, 1.54) is 36.9 Å². The quantitative estimate of drug-likeness (QED) is 0.237. The van der Waals surface area contributed by atoms with Crippen LogP contribution < -0.4 is 11.4 Å². The van der Waals surface area contributed by atoms with E-state index >= 15 is 0 Å². The van der Waals surface area contributed by atoms with E-state index in [4.69, 9.17) is 14.9 Å². The average molecular weight is 491 g/mol. The van der Waals surface area contributed by atoms with Gasteiger partial charge in [-0.25, -0.2) is 9.59 Å². The molecule has 0 radical (unpaired) electrons. The molecule has 192 valence electrons. The molecule has 0 spiro atoms. The number of unbranched alkanes of at least 4 members (excludes halogenated alkanes) is 5. The van der Waals surface area contributed by atoms with Crippen LogP contribution >= 0.6 is 0 Å². The zero-order valence-corrected chi connectivity index (χ0v) is 21.6. The highest BCUT2D eigenvalue weighted by molar-refractivity contribution is 6.05. The average Bonchev–Trinajstić information content (AvgIpc) is 3.26. The molecule has 3 aromatic rings. The van der Waals surface area contributed by atoms with Crippen LogP contribution in [-0.2, 0) is 24.1 Å². The number of esters is 1. The fraction of sp³-hybridized carbons (Fsp3) is 0.467. The Labute approximate surface area is 213 Å². The van der Waals surface area contributed by atoms with Crippen LogP contribution in [0.15, 0.2) is 45.6 Å². The van der Waals surface area contributed by atoms with Crippen molar-refractivity contribution in [2.75, 3.05) is 12.3 Å². The van der Waals surface area contributed by atoms with E-state index in [-0.39, 0.29) is 23.6 Å². The Morgan fingerprint density at radius 2 is 1.75 bits per heavy atom. The van der Waals surface area contributed by atoms with Crippen LogP contribution in [0.3, 0.4) is 0 Å². The summed E-state index contributed by atoms with van der Waals surface area (Å²) < 4.78 is 13.4. The number of nitrogens with two attached hydrogens (primary N) is 1. The number of rotatable bonds is 11. The SMILES string of the molecule is CCCCCCCCn1c(-c2c(C(=O)OCC)c(-c3ccccc3)oc(=O)c2N)cc2c1CCCC2. The lowest BCUT2D eigenvalue weighted by atomic mass is 9.96. The smallest absolute Gasteiger partial charge is 0.360 e. The molecule has 0 saturated carbocycles. The van der Waals surface area contributed by atoms with Crippen LogP contribution in [0.4, 0.5) is 5.69 Å². The van der Waals surface area contributed by atoms with E-state index in [0.717, 1.165) is 50.8 Å². The van der Waals surface area contributed by atoms with E-state index in [1.807, 2.05) is 30.3 Å². The van der Waals surface area contributed by atoms with Gasteiger partial charge in [0.05, 0.1) is 12.3 Å². The third-order valence-electron chi connectivity index (χ3n) is 7.08. The molecule has 4 rings (SSSR count). The van der Waals surface area contributed by atoms with E-state index in [1.54, 1.807) is 6.92 Å². The van der Waals surface area contributed by atoms with Crippen molar-refractivity contribution in [3.8, 4) is 22.6 Å². The van der Waals surface area contributed by atoms with Gasteiger partial charge in [-0.15, -0.1) is 0 Å². The topological polar surface area (TPSA) is 87.5 Å². The molecule has 0 saturated heterocycles. The lowest BCUT2D eigenvalue weighted by Gasteiger charge is -2.19. The lowest BCUT2D eigenvalue weighted by Crippen LogP contribution is -2.18. The molecule has 0 atom stereocenters. The first-order valence-corrected chi connectivity index (χ1v) is 13.5. The van der Waals surface area contributed by atoms with Crippen LogP contribution in [0, 0.1) is 0 Å². The second-order valence-corrected chi connectivity index (χ2v) is 9.60. The second-order valence-electron chi connectivity index (χ2n) is 9.60. The minimum absolute atomic E-state index is 0.0447. The van der Waals surface area contributed by atoms with Gasteiger partial charge in [-0.2, -0.15) is 0 Å².